The van der Waals surface area contributed by atoms with Gasteiger partial charge in [0.05, 0.1) is 24.3 Å². The summed E-state index contributed by atoms with van der Waals surface area (Å²) in [5.41, 5.74) is 2.01. The topological polar surface area (TPSA) is 82.4 Å². The number of rotatable bonds is 5. The lowest BCUT2D eigenvalue weighted by molar-refractivity contribution is 0.102. The molecular weight excluding hydrogens is 394 g/mol. The highest BCUT2D eigenvalue weighted by Crippen LogP contribution is 2.37. The van der Waals surface area contributed by atoms with Crippen LogP contribution in [0.3, 0.4) is 0 Å². The van der Waals surface area contributed by atoms with Crippen molar-refractivity contribution >= 4 is 40.1 Å². The van der Waals surface area contributed by atoms with Crippen LogP contribution in [0.2, 0.25) is 0 Å². The largest absolute Gasteiger partial charge is 0.450 e. The Morgan fingerprint density at radius 2 is 2.14 bits per heavy atom. The molecular formula is C20H21N3O3S2. The third-order valence-electron chi connectivity index (χ3n) is 4.35. The van der Waals surface area contributed by atoms with Crippen molar-refractivity contribution in [3.63, 3.8) is 0 Å². The molecule has 28 heavy (non-hydrogen) atoms. The fraction of sp³-hybridized carbons (Fsp3) is 0.350. The van der Waals surface area contributed by atoms with Crippen LogP contribution < -0.4 is 5.32 Å². The molecule has 146 valence electrons. The van der Waals surface area contributed by atoms with Crippen LogP contribution in [-0.2, 0) is 17.7 Å². The quantitative estimate of drug-likeness (QED) is 0.727. The van der Waals surface area contributed by atoms with Crippen LogP contribution in [0.25, 0.3) is 0 Å². The second-order valence-electron chi connectivity index (χ2n) is 6.07. The number of nitriles is 1. The van der Waals surface area contributed by atoms with Crippen LogP contribution in [0.4, 0.5) is 9.80 Å². The van der Waals surface area contributed by atoms with Gasteiger partial charge in [-0.3, -0.25) is 4.79 Å². The summed E-state index contributed by atoms with van der Waals surface area (Å²) in [5.74, 6) is 0.638. The molecule has 8 heteroatoms. The summed E-state index contributed by atoms with van der Waals surface area (Å²) in [6.07, 6.45) is 0.224. The Bertz CT molecular complexity index is 933. The van der Waals surface area contributed by atoms with Gasteiger partial charge in [-0.05, 0) is 36.8 Å². The van der Waals surface area contributed by atoms with Crippen molar-refractivity contribution in [1.82, 2.24) is 4.90 Å². The summed E-state index contributed by atoms with van der Waals surface area (Å²) in [6, 6.07) is 9.67. The van der Waals surface area contributed by atoms with Gasteiger partial charge < -0.3 is 15.0 Å². The molecule has 0 spiro atoms. The zero-order chi connectivity index (χ0) is 20.1. The lowest BCUT2D eigenvalue weighted by Crippen LogP contribution is -2.35. The number of thiophene rings is 1. The molecule has 0 atom stereocenters. The molecule has 3 rings (SSSR count). The zero-order valence-corrected chi connectivity index (χ0v) is 17.4. The monoisotopic (exact) mass is 415 g/mol. The average molecular weight is 416 g/mol. The van der Waals surface area contributed by atoms with E-state index in [1.54, 1.807) is 29.7 Å². The smallest absolute Gasteiger partial charge is 0.410 e. The number of fused-ring (bicyclic) bond motifs is 1. The van der Waals surface area contributed by atoms with Crippen LogP contribution in [0.1, 0.15) is 40.2 Å². The molecule has 2 amide bonds. The van der Waals surface area contributed by atoms with Gasteiger partial charge in [-0.2, -0.15) is 5.26 Å². The van der Waals surface area contributed by atoms with E-state index in [1.165, 1.54) is 11.3 Å². The Morgan fingerprint density at radius 3 is 2.86 bits per heavy atom. The van der Waals surface area contributed by atoms with E-state index in [2.05, 4.69) is 11.4 Å². The van der Waals surface area contributed by atoms with Crippen LogP contribution in [-0.4, -0.2) is 35.8 Å². The van der Waals surface area contributed by atoms with Crippen LogP contribution in [0.15, 0.2) is 29.2 Å². The first-order valence-corrected chi connectivity index (χ1v) is 10.9. The van der Waals surface area contributed by atoms with E-state index in [0.29, 0.717) is 42.2 Å². The van der Waals surface area contributed by atoms with Gasteiger partial charge in [-0.1, -0.05) is 19.1 Å². The maximum atomic E-state index is 12.8. The maximum absolute atomic E-state index is 12.8. The van der Waals surface area contributed by atoms with Gasteiger partial charge in [-0.25, -0.2) is 4.79 Å². The minimum atomic E-state index is -0.351. The Hall–Kier alpha value is -2.50. The molecule has 1 aromatic heterocycles. The van der Waals surface area contributed by atoms with Gasteiger partial charge in [0, 0.05) is 16.3 Å². The Labute approximate surface area is 172 Å². The third kappa shape index (κ3) is 4.16. The highest BCUT2D eigenvalue weighted by atomic mass is 32.2. The van der Waals surface area contributed by atoms with Gasteiger partial charge in [0.2, 0.25) is 0 Å². The first kappa shape index (κ1) is 20.2. The van der Waals surface area contributed by atoms with E-state index in [4.69, 9.17) is 4.74 Å². The molecule has 0 fully saturated rings. The Kier molecular flexibility index (Phi) is 6.60. The number of ether oxygens (including phenoxy) is 1. The number of carbonyl (C=O) groups excluding carboxylic acids is 2. The number of thioether (sulfide) groups is 1. The summed E-state index contributed by atoms with van der Waals surface area (Å²) < 4.78 is 5.07. The van der Waals surface area contributed by atoms with Gasteiger partial charge in [-0.15, -0.1) is 23.1 Å². The maximum Gasteiger partial charge on any atom is 0.410 e. The molecule has 0 radical (unpaired) electrons. The van der Waals surface area contributed by atoms with Crippen molar-refractivity contribution in [2.75, 3.05) is 24.2 Å². The number of hydrogen-bond donors (Lipinski definition) is 1. The van der Waals surface area contributed by atoms with Crippen molar-refractivity contribution < 1.29 is 14.3 Å². The van der Waals surface area contributed by atoms with E-state index in [1.807, 2.05) is 25.1 Å². The second-order valence-corrected chi connectivity index (χ2v) is 8.48. The van der Waals surface area contributed by atoms with Gasteiger partial charge in [0.15, 0.2) is 0 Å². The fourth-order valence-electron chi connectivity index (χ4n) is 3.09. The highest BCUT2D eigenvalue weighted by Gasteiger charge is 2.28. The zero-order valence-electron chi connectivity index (χ0n) is 15.8. The number of hydrogen-bond acceptors (Lipinski definition) is 6. The standard InChI is InChI=1S/C20H21N3O3S2/c1-3-26-20(25)23-10-9-13-15(11-21)19(28-17(13)12-23)22-18(24)14-7-5-6-8-16(14)27-4-2/h5-8H,3-4,9-10,12H2,1-2H3,(H,22,24). The highest BCUT2D eigenvalue weighted by molar-refractivity contribution is 7.99. The number of carbonyl (C=O) groups is 2. The van der Waals surface area contributed by atoms with Crippen molar-refractivity contribution in [3.8, 4) is 6.07 Å². The summed E-state index contributed by atoms with van der Waals surface area (Å²) in [4.78, 5) is 28.3. The van der Waals surface area contributed by atoms with E-state index in [9.17, 15) is 14.9 Å². The first-order valence-electron chi connectivity index (χ1n) is 9.08. The van der Waals surface area contributed by atoms with Crippen LogP contribution in [0, 0.1) is 11.3 Å². The number of amides is 2. The number of nitrogens with one attached hydrogen (secondary N) is 1. The number of benzene rings is 1. The first-order chi connectivity index (χ1) is 13.6. The molecule has 0 unspecified atom stereocenters. The lowest BCUT2D eigenvalue weighted by Gasteiger charge is -2.25. The molecule has 2 heterocycles. The molecule has 0 saturated carbocycles. The van der Waals surface area contributed by atoms with E-state index < -0.39 is 0 Å². The molecule has 1 aliphatic rings. The van der Waals surface area contributed by atoms with Gasteiger partial charge in [0.25, 0.3) is 5.91 Å². The SMILES string of the molecule is CCOC(=O)N1CCc2c(sc(NC(=O)c3ccccc3SCC)c2C#N)C1. The molecule has 1 N–H and O–H groups in total. The van der Waals surface area contributed by atoms with E-state index in [-0.39, 0.29) is 12.0 Å². The van der Waals surface area contributed by atoms with Crippen molar-refractivity contribution in [2.45, 2.75) is 31.7 Å². The number of nitrogens with zero attached hydrogens (tertiary/aromatic N) is 2. The fourth-order valence-corrected chi connectivity index (χ4v) is 5.10. The van der Waals surface area contributed by atoms with Crippen LogP contribution >= 0.6 is 23.1 Å². The minimum Gasteiger partial charge on any atom is -0.450 e. The van der Waals surface area contributed by atoms with Crippen molar-refractivity contribution in [1.29, 1.82) is 5.26 Å². The van der Waals surface area contributed by atoms with Crippen molar-refractivity contribution in [3.05, 3.63) is 45.8 Å². The van der Waals surface area contributed by atoms with E-state index in [0.717, 1.165) is 21.1 Å². The normalized spacial score (nSPS) is 12.8. The average Bonchev–Trinajstić information content (AvgIpc) is 3.04. The molecule has 1 aromatic carbocycles. The molecule has 1 aliphatic heterocycles. The second kappa shape index (κ2) is 9.13. The molecule has 2 aromatic rings. The van der Waals surface area contributed by atoms with Crippen molar-refractivity contribution in [2.24, 2.45) is 0 Å². The summed E-state index contributed by atoms with van der Waals surface area (Å²) in [7, 11) is 0. The molecule has 0 aliphatic carbocycles. The predicted octanol–water partition coefficient (Wildman–Crippen LogP) is 4.50. The van der Waals surface area contributed by atoms with E-state index >= 15 is 0 Å². The molecule has 6 nitrogen and oxygen atoms in total. The summed E-state index contributed by atoms with van der Waals surface area (Å²) in [5, 5.41) is 13.1. The summed E-state index contributed by atoms with van der Waals surface area (Å²) >= 11 is 2.96. The van der Waals surface area contributed by atoms with Gasteiger partial charge >= 0.3 is 6.09 Å². The third-order valence-corrected chi connectivity index (χ3v) is 6.44. The van der Waals surface area contributed by atoms with Crippen LogP contribution in [0.5, 0.6) is 0 Å². The lowest BCUT2D eigenvalue weighted by atomic mass is 10.0. The minimum absolute atomic E-state index is 0.228. The number of anilines is 1. The molecule has 0 bridgehead atoms. The Balaban J connectivity index is 1.84. The van der Waals surface area contributed by atoms with Gasteiger partial charge in [0.1, 0.15) is 11.1 Å². The summed E-state index contributed by atoms with van der Waals surface area (Å²) in [6.45, 7) is 5.03. The Morgan fingerprint density at radius 1 is 1.36 bits per heavy atom. The predicted molar refractivity (Wildman–Crippen MR) is 111 cm³/mol. The molecule has 0 saturated heterocycles.